The first kappa shape index (κ1) is 23.8. The number of nitrogens with zero attached hydrogens (tertiary/aromatic N) is 2. The Hall–Kier alpha value is -1.37. The van der Waals surface area contributed by atoms with Gasteiger partial charge in [0, 0.05) is 30.1 Å². The molecule has 2 saturated heterocycles. The fourth-order valence-electron chi connectivity index (χ4n) is 7.06. The third kappa shape index (κ3) is 4.14. The van der Waals surface area contributed by atoms with Crippen molar-refractivity contribution >= 4 is 35.4 Å². The molecular weight excluding hydrogens is 424 g/mol. The van der Waals surface area contributed by atoms with Gasteiger partial charge >= 0.3 is 0 Å². The van der Waals surface area contributed by atoms with Crippen LogP contribution in [0, 0.1) is 16.7 Å². The molecule has 2 aliphatic heterocycles. The van der Waals surface area contributed by atoms with E-state index in [1.807, 2.05) is 6.92 Å². The van der Waals surface area contributed by atoms with Gasteiger partial charge in [-0.15, -0.1) is 11.8 Å². The van der Waals surface area contributed by atoms with Crippen LogP contribution >= 0.6 is 11.8 Å². The molecule has 0 N–H and O–H groups in total. The number of hydrogen-bond acceptors (Lipinski definition) is 5. The molecule has 0 radical (unpaired) electrons. The maximum Gasteiger partial charge on any atom is 0.243 e. The largest absolute Gasteiger partial charge is 0.282 e. The lowest BCUT2D eigenvalue weighted by Gasteiger charge is -2.37. The quantitative estimate of drug-likeness (QED) is 0.554. The van der Waals surface area contributed by atoms with Crippen molar-refractivity contribution in [2.45, 2.75) is 108 Å². The molecule has 7 heteroatoms. The SMILES string of the molecule is CC1CC(=O)N(CC23CCC(N4C(=O)CC(SC(C)(C)CC(C)(C)C)C4=O)(CC2)C3)C1=O. The molecule has 2 aliphatic carbocycles. The predicted octanol–water partition coefficient (Wildman–Crippen LogP) is 4.16. The van der Waals surface area contributed by atoms with Crippen molar-refractivity contribution in [1.29, 1.82) is 0 Å². The van der Waals surface area contributed by atoms with Crippen LogP contribution in [0.3, 0.4) is 0 Å². The lowest BCUT2D eigenvalue weighted by atomic mass is 9.83. The Labute approximate surface area is 196 Å². The summed E-state index contributed by atoms with van der Waals surface area (Å²) >= 11 is 1.65. The molecular formula is C25H38N2O4S. The van der Waals surface area contributed by atoms with Crippen molar-refractivity contribution in [3.8, 4) is 0 Å². The molecule has 2 atom stereocenters. The number of likely N-dealkylation sites (tertiary alicyclic amines) is 2. The summed E-state index contributed by atoms with van der Waals surface area (Å²) in [5.41, 5.74) is -0.416. The monoisotopic (exact) mass is 462 g/mol. The van der Waals surface area contributed by atoms with E-state index in [1.54, 1.807) is 16.7 Å². The van der Waals surface area contributed by atoms with Crippen LogP contribution in [0.1, 0.15) is 92.9 Å². The molecule has 2 saturated carbocycles. The Morgan fingerprint density at radius 3 is 2.06 bits per heavy atom. The predicted molar refractivity (Wildman–Crippen MR) is 125 cm³/mol. The van der Waals surface area contributed by atoms with E-state index in [0.29, 0.717) is 13.0 Å². The Bertz CT molecular complexity index is 850. The summed E-state index contributed by atoms with van der Waals surface area (Å²) in [6, 6.07) is 0. The number of fused-ring (bicyclic) bond motifs is 2. The summed E-state index contributed by atoms with van der Waals surface area (Å²) in [4.78, 5) is 54.5. The zero-order valence-corrected chi connectivity index (χ0v) is 21.3. The third-order valence-electron chi connectivity index (χ3n) is 7.91. The number of carbonyl (C=O) groups excluding carboxylic acids is 4. The van der Waals surface area contributed by atoms with Gasteiger partial charge in [-0.3, -0.25) is 29.0 Å². The van der Waals surface area contributed by atoms with E-state index >= 15 is 0 Å². The van der Waals surface area contributed by atoms with Crippen molar-refractivity contribution in [2.24, 2.45) is 16.7 Å². The summed E-state index contributed by atoms with van der Waals surface area (Å²) in [6.45, 7) is 13.2. The highest BCUT2D eigenvalue weighted by molar-refractivity contribution is 8.02. The molecule has 32 heavy (non-hydrogen) atoms. The van der Waals surface area contributed by atoms with Gasteiger partial charge in [0.1, 0.15) is 0 Å². The van der Waals surface area contributed by atoms with E-state index in [1.165, 1.54) is 4.90 Å². The fraction of sp³-hybridized carbons (Fsp3) is 0.840. The number of rotatable bonds is 6. The van der Waals surface area contributed by atoms with Gasteiger partial charge in [0.25, 0.3) is 0 Å². The molecule has 178 valence electrons. The van der Waals surface area contributed by atoms with Crippen molar-refractivity contribution in [3.63, 3.8) is 0 Å². The first-order valence-electron chi connectivity index (χ1n) is 12.1. The van der Waals surface area contributed by atoms with Crippen LogP contribution in [0.5, 0.6) is 0 Å². The molecule has 4 amide bonds. The molecule has 2 heterocycles. The highest BCUT2D eigenvalue weighted by Crippen LogP contribution is 2.60. The van der Waals surface area contributed by atoms with Gasteiger partial charge < -0.3 is 0 Å². The van der Waals surface area contributed by atoms with E-state index < -0.39 is 5.54 Å². The number of thioether (sulfide) groups is 1. The first-order chi connectivity index (χ1) is 14.7. The molecule has 0 aromatic heterocycles. The molecule has 4 fully saturated rings. The molecule has 0 aromatic carbocycles. The van der Waals surface area contributed by atoms with E-state index in [0.717, 1.165) is 38.5 Å². The summed E-state index contributed by atoms with van der Waals surface area (Å²) in [5, 5.41) is -0.313. The third-order valence-corrected chi connectivity index (χ3v) is 9.34. The van der Waals surface area contributed by atoms with E-state index in [4.69, 9.17) is 0 Å². The van der Waals surface area contributed by atoms with Crippen molar-refractivity contribution in [1.82, 2.24) is 9.80 Å². The van der Waals surface area contributed by atoms with Crippen LogP contribution in [-0.4, -0.2) is 55.5 Å². The minimum absolute atomic E-state index is 0.0263. The van der Waals surface area contributed by atoms with Gasteiger partial charge in [0.15, 0.2) is 0 Å². The van der Waals surface area contributed by atoms with Crippen molar-refractivity contribution in [2.75, 3.05) is 6.54 Å². The highest BCUT2D eigenvalue weighted by atomic mass is 32.2. The molecule has 4 rings (SSSR count). The second-order valence-electron chi connectivity index (χ2n) is 12.7. The van der Waals surface area contributed by atoms with Crippen LogP contribution in [0.15, 0.2) is 0 Å². The average molecular weight is 463 g/mol. The van der Waals surface area contributed by atoms with Crippen molar-refractivity contribution in [3.05, 3.63) is 0 Å². The lowest BCUT2D eigenvalue weighted by Crippen LogP contribution is -2.49. The summed E-state index contributed by atoms with van der Waals surface area (Å²) < 4.78 is -0.0885. The minimum Gasteiger partial charge on any atom is -0.282 e. The maximum atomic E-state index is 13.5. The second-order valence-corrected chi connectivity index (χ2v) is 14.6. The number of carbonyl (C=O) groups is 4. The molecule has 0 aromatic rings. The minimum atomic E-state index is -0.422. The van der Waals surface area contributed by atoms with Gasteiger partial charge in [0.05, 0.1) is 10.8 Å². The highest BCUT2D eigenvalue weighted by Gasteiger charge is 2.62. The second kappa shape index (κ2) is 7.57. The van der Waals surface area contributed by atoms with Crippen molar-refractivity contribution < 1.29 is 19.2 Å². The Balaban J connectivity index is 1.47. The average Bonchev–Trinajstić information content (AvgIpc) is 3.32. The molecule has 0 spiro atoms. The van der Waals surface area contributed by atoms with E-state index in [2.05, 4.69) is 34.6 Å². The lowest BCUT2D eigenvalue weighted by molar-refractivity contribution is -0.146. The van der Waals surface area contributed by atoms with Crippen LogP contribution in [0.4, 0.5) is 0 Å². The number of amides is 4. The van der Waals surface area contributed by atoms with E-state index in [-0.39, 0.29) is 56.8 Å². The van der Waals surface area contributed by atoms with Crippen LogP contribution in [0.2, 0.25) is 0 Å². The normalized spacial score (nSPS) is 35.7. The Kier molecular flexibility index (Phi) is 5.63. The number of hydrogen-bond donors (Lipinski definition) is 0. The van der Waals surface area contributed by atoms with Crippen LogP contribution < -0.4 is 0 Å². The van der Waals surface area contributed by atoms with Gasteiger partial charge in [-0.2, -0.15) is 0 Å². The van der Waals surface area contributed by atoms with Gasteiger partial charge in [-0.25, -0.2) is 0 Å². The Morgan fingerprint density at radius 1 is 0.906 bits per heavy atom. The molecule has 2 bridgehead atoms. The zero-order chi connectivity index (χ0) is 23.7. The van der Waals surface area contributed by atoms with Crippen LogP contribution in [0.25, 0.3) is 0 Å². The molecule has 6 nitrogen and oxygen atoms in total. The summed E-state index contributed by atoms with van der Waals surface area (Å²) in [5.74, 6) is -0.449. The summed E-state index contributed by atoms with van der Waals surface area (Å²) in [6.07, 6.45) is 5.58. The standard InChI is InChI=1S/C25H38N2O4S/c1-16-11-18(28)26(20(16)30)15-24-7-9-25(14-24,10-8-24)27-19(29)12-17(21(27)31)32-23(5,6)13-22(2,3)4/h16-17H,7-15H2,1-6H3. The van der Waals surface area contributed by atoms with Gasteiger partial charge in [-0.1, -0.05) is 41.5 Å². The zero-order valence-electron chi connectivity index (χ0n) is 20.5. The fourth-order valence-corrected chi connectivity index (χ4v) is 8.78. The van der Waals surface area contributed by atoms with Gasteiger partial charge in [0.2, 0.25) is 23.6 Å². The van der Waals surface area contributed by atoms with Crippen LogP contribution in [-0.2, 0) is 19.2 Å². The van der Waals surface area contributed by atoms with Gasteiger partial charge in [-0.05, 0) is 49.4 Å². The first-order valence-corrected chi connectivity index (χ1v) is 12.9. The maximum absolute atomic E-state index is 13.5. The number of imide groups is 2. The van der Waals surface area contributed by atoms with E-state index in [9.17, 15) is 19.2 Å². The molecule has 2 unspecified atom stereocenters. The molecule has 4 aliphatic rings. The smallest absolute Gasteiger partial charge is 0.243 e. The summed E-state index contributed by atoms with van der Waals surface area (Å²) in [7, 11) is 0. The topological polar surface area (TPSA) is 74.8 Å². The Morgan fingerprint density at radius 2 is 1.53 bits per heavy atom.